The molecule has 0 spiro atoms. The Labute approximate surface area is 89.7 Å². The van der Waals surface area contributed by atoms with E-state index in [1.807, 2.05) is 12.3 Å². The molecule has 1 fully saturated rings. The number of halogens is 1. The minimum absolute atomic E-state index is 0.442. The molecule has 1 aromatic rings. The molecule has 0 radical (unpaired) electrons. The van der Waals surface area contributed by atoms with Gasteiger partial charge in [0.05, 0.1) is 5.02 Å². The maximum atomic E-state index is 5.90. The summed E-state index contributed by atoms with van der Waals surface area (Å²) in [6.45, 7) is 3.37. The van der Waals surface area contributed by atoms with Crippen molar-refractivity contribution in [1.82, 2.24) is 10.3 Å². The molecule has 14 heavy (non-hydrogen) atoms. The van der Waals surface area contributed by atoms with Gasteiger partial charge in [-0.25, -0.2) is 0 Å². The fraction of sp³-hybridized carbons (Fsp3) is 0.545. The molecule has 1 aliphatic rings. The van der Waals surface area contributed by atoms with E-state index in [1.165, 1.54) is 18.4 Å². The van der Waals surface area contributed by atoms with Crippen LogP contribution in [0.15, 0.2) is 18.5 Å². The van der Waals surface area contributed by atoms with Gasteiger partial charge < -0.3 is 5.32 Å². The minimum Gasteiger partial charge on any atom is -0.310 e. The van der Waals surface area contributed by atoms with E-state index in [0.29, 0.717) is 6.04 Å². The van der Waals surface area contributed by atoms with Gasteiger partial charge in [0.1, 0.15) is 0 Å². The van der Waals surface area contributed by atoms with Crippen LogP contribution in [0.4, 0.5) is 0 Å². The highest BCUT2D eigenvalue weighted by molar-refractivity contribution is 6.30. The van der Waals surface area contributed by atoms with Crippen molar-refractivity contribution in [2.75, 3.05) is 6.54 Å². The molecule has 0 bridgehead atoms. The quantitative estimate of drug-likeness (QED) is 0.771. The molecule has 2 heterocycles. The van der Waals surface area contributed by atoms with E-state index in [2.05, 4.69) is 17.2 Å². The van der Waals surface area contributed by atoms with Crippen LogP contribution in [0.2, 0.25) is 5.02 Å². The Balaban J connectivity index is 2.08. The number of nitrogens with zero attached hydrogens (tertiary/aromatic N) is 1. The maximum Gasteiger partial charge on any atom is 0.0592 e. The summed E-state index contributed by atoms with van der Waals surface area (Å²) >= 11 is 5.90. The highest BCUT2D eigenvalue weighted by atomic mass is 35.5. The number of aromatic nitrogens is 1. The third kappa shape index (κ3) is 2.25. The monoisotopic (exact) mass is 210 g/mol. The first-order valence-electron chi connectivity index (χ1n) is 5.09. The molecule has 0 unspecified atom stereocenters. The predicted molar refractivity (Wildman–Crippen MR) is 58.4 cm³/mol. The third-order valence-electron chi connectivity index (χ3n) is 2.79. The first-order chi connectivity index (χ1) is 6.75. The van der Waals surface area contributed by atoms with Crippen LogP contribution in [-0.2, 0) is 0 Å². The van der Waals surface area contributed by atoms with E-state index in [1.54, 1.807) is 6.20 Å². The molecule has 0 saturated carbocycles. The van der Waals surface area contributed by atoms with Crippen molar-refractivity contribution < 1.29 is 0 Å². The summed E-state index contributed by atoms with van der Waals surface area (Å²) in [7, 11) is 0. The molecule has 1 N–H and O–H groups in total. The second kappa shape index (κ2) is 4.28. The molecule has 2 atom stereocenters. The van der Waals surface area contributed by atoms with Crippen molar-refractivity contribution in [3.8, 4) is 0 Å². The number of hydrogen-bond acceptors (Lipinski definition) is 2. The summed E-state index contributed by atoms with van der Waals surface area (Å²) in [6.07, 6.45) is 6.05. The van der Waals surface area contributed by atoms with Gasteiger partial charge in [0.25, 0.3) is 0 Å². The molecular weight excluding hydrogens is 196 g/mol. The number of nitrogens with one attached hydrogen (secondary N) is 1. The Kier molecular flexibility index (Phi) is 3.04. The van der Waals surface area contributed by atoms with Crippen LogP contribution in [0.5, 0.6) is 0 Å². The lowest BCUT2D eigenvalue weighted by Crippen LogP contribution is -2.31. The number of hydrogen-bond donors (Lipinski definition) is 1. The van der Waals surface area contributed by atoms with E-state index >= 15 is 0 Å². The van der Waals surface area contributed by atoms with Gasteiger partial charge in [-0.05, 0) is 36.9 Å². The van der Waals surface area contributed by atoms with Gasteiger partial charge in [0.2, 0.25) is 0 Å². The number of piperidine rings is 1. The zero-order valence-electron chi connectivity index (χ0n) is 8.33. The van der Waals surface area contributed by atoms with Crippen molar-refractivity contribution in [3.05, 3.63) is 29.0 Å². The average molecular weight is 211 g/mol. The second-order valence-corrected chi connectivity index (χ2v) is 4.52. The first-order valence-corrected chi connectivity index (χ1v) is 5.47. The zero-order chi connectivity index (χ0) is 9.97. The SMILES string of the molecule is C[C@H]1CC[C@H](c2cncc(Cl)c2)NC1. The van der Waals surface area contributed by atoms with Gasteiger partial charge in [0, 0.05) is 18.4 Å². The summed E-state index contributed by atoms with van der Waals surface area (Å²) in [5.74, 6) is 0.790. The van der Waals surface area contributed by atoms with E-state index in [4.69, 9.17) is 11.6 Å². The topological polar surface area (TPSA) is 24.9 Å². The molecule has 1 aromatic heterocycles. The third-order valence-corrected chi connectivity index (χ3v) is 3.00. The minimum atomic E-state index is 0.442. The molecule has 1 saturated heterocycles. The highest BCUT2D eigenvalue weighted by Crippen LogP contribution is 2.26. The molecular formula is C11H15ClN2. The van der Waals surface area contributed by atoms with Gasteiger partial charge in [-0.3, -0.25) is 4.98 Å². The molecule has 0 aromatic carbocycles. The Morgan fingerprint density at radius 3 is 2.93 bits per heavy atom. The Hall–Kier alpha value is -0.600. The van der Waals surface area contributed by atoms with Gasteiger partial charge in [-0.1, -0.05) is 18.5 Å². The second-order valence-electron chi connectivity index (χ2n) is 4.08. The van der Waals surface area contributed by atoms with Crippen molar-refractivity contribution in [2.45, 2.75) is 25.8 Å². The smallest absolute Gasteiger partial charge is 0.0592 e. The molecule has 0 amide bonds. The van der Waals surface area contributed by atoms with Crippen molar-refractivity contribution in [1.29, 1.82) is 0 Å². The fourth-order valence-electron chi connectivity index (χ4n) is 1.90. The summed E-state index contributed by atoms with van der Waals surface area (Å²) in [5.41, 5.74) is 1.21. The number of pyridine rings is 1. The van der Waals surface area contributed by atoms with E-state index < -0.39 is 0 Å². The lowest BCUT2D eigenvalue weighted by atomic mass is 9.93. The summed E-state index contributed by atoms with van der Waals surface area (Å²) in [4.78, 5) is 4.11. The fourth-order valence-corrected chi connectivity index (χ4v) is 2.08. The van der Waals surface area contributed by atoms with Gasteiger partial charge in [-0.15, -0.1) is 0 Å². The van der Waals surface area contributed by atoms with Crippen molar-refractivity contribution >= 4 is 11.6 Å². The largest absolute Gasteiger partial charge is 0.310 e. The average Bonchev–Trinajstić information content (AvgIpc) is 2.19. The number of rotatable bonds is 1. The van der Waals surface area contributed by atoms with Crippen molar-refractivity contribution in [2.24, 2.45) is 5.92 Å². The summed E-state index contributed by atoms with van der Waals surface area (Å²) in [6, 6.07) is 2.44. The normalized spacial score (nSPS) is 27.6. The lowest BCUT2D eigenvalue weighted by Gasteiger charge is -2.27. The molecule has 76 valence electrons. The van der Waals surface area contributed by atoms with Crippen LogP contribution in [0.25, 0.3) is 0 Å². The van der Waals surface area contributed by atoms with E-state index in [9.17, 15) is 0 Å². The zero-order valence-corrected chi connectivity index (χ0v) is 9.09. The standard InChI is InChI=1S/C11H15ClN2/c1-8-2-3-11(14-5-8)9-4-10(12)7-13-6-9/h4,6-8,11,14H,2-3,5H2,1H3/t8-,11+/m0/s1. The van der Waals surface area contributed by atoms with Crippen LogP contribution in [0.1, 0.15) is 31.4 Å². The Morgan fingerprint density at radius 2 is 2.29 bits per heavy atom. The predicted octanol–water partition coefficient (Wildman–Crippen LogP) is 2.80. The Bertz CT molecular complexity index is 306. The molecule has 2 rings (SSSR count). The first kappa shape index (κ1) is 9.94. The van der Waals surface area contributed by atoms with Crippen LogP contribution < -0.4 is 5.32 Å². The summed E-state index contributed by atoms with van der Waals surface area (Å²) in [5, 5.41) is 4.24. The van der Waals surface area contributed by atoms with Crippen LogP contribution >= 0.6 is 11.6 Å². The lowest BCUT2D eigenvalue weighted by molar-refractivity contribution is 0.332. The molecule has 0 aliphatic carbocycles. The summed E-state index contributed by atoms with van der Waals surface area (Å²) < 4.78 is 0. The van der Waals surface area contributed by atoms with E-state index in [0.717, 1.165) is 17.5 Å². The molecule has 3 heteroatoms. The van der Waals surface area contributed by atoms with Crippen LogP contribution in [0.3, 0.4) is 0 Å². The Morgan fingerprint density at radius 1 is 1.43 bits per heavy atom. The van der Waals surface area contributed by atoms with Gasteiger partial charge in [0.15, 0.2) is 0 Å². The van der Waals surface area contributed by atoms with Gasteiger partial charge >= 0.3 is 0 Å². The molecule has 2 nitrogen and oxygen atoms in total. The highest BCUT2D eigenvalue weighted by Gasteiger charge is 2.18. The molecule has 1 aliphatic heterocycles. The van der Waals surface area contributed by atoms with Gasteiger partial charge in [-0.2, -0.15) is 0 Å². The van der Waals surface area contributed by atoms with E-state index in [-0.39, 0.29) is 0 Å². The maximum absolute atomic E-state index is 5.90. The van der Waals surface area contributed by atoms with Crippen molar-refractivity contribution in [3.63, 3.8) is 0 Å². The van der Waals surface area contributed by atoms with Crippen LogP contribution in [0, 0.1) is 5.92 Å². The van der Waals surface area contributed by atoms with Crippen LogP contribution in [-0.4, -0.2) is 11.5 Å².